The highest BCUT2D eigenvalue weighted by molar-refractivity contribution is 5.70. The largest absolute Gasteiger partial charge is 0.460 e. The van der Waals surface area contributed by atoms with E-state index in [9.17, 15) is 4.79 Å². The molecule has 0 bridgehead atoms. The number of ether oxygens (including phenoxy) is 1. The summed E-state index contributed by atoms with van der Waals surface area (Å²) in [5.41, 5.74) is 2.08. The predicted octanol–water partition coefficient (Wildman–Crippen LogP) is 6.54. The van der Waals surface area contributed by atoms with Crippen molar-refractivity contribution >= 4 is 5.97 Å². The third-order valence-corrected chi connectivity index (χ3v) is 5.17. The van der Waals surface area contributed by atoms with Gasteiger partial charge in [-0.3, -0.25) is 9.69 Å². The zero-order valence-corrected chi connectivity index (χ0v) is 18.7. The molecule has 2 atom stereocenters. The van der Waals surface area contributed by atoms with E-state index in [1.54, 1.807) is 0 Å². The van der Waals surface area contributed by atoms with Gasteiger partial charge in [0.2, 0.25) is 0 Å². The van der Waals surface area contributed by atoms with Crippen LogP contribution < -0.4 is 0 Å². The van der Waals surface area contributed by atoms with Gasteiger partial charge in [0.25, 0.3) is 0 Å². The number of nitrogens with zero attached hydrogens (tertiary/aromatic N) is 1. The lowest BCUT2D eigenvalue weighted by Crippen LogP contribution is -2.39. The van der Waals surface area contributed by atoms with Gasteiger partial charge in [-0.2, -0.15) is 0 Å². The minimum Gasteiger partial charge on any atom is -0.460 e. The van der Waals surface area contributed by atoms with Crippen molar-refractivity contribution in [3.05, 3.63) is 71.8 Å². The maximum atomic E-state index is 12.7. The molecule has 0 fully saturated rings. The Morgan fingerprint density at radius 3 is 2.14 bits per heavy atom. The first-order valence-electron chi connectivity index (χ1n) is 10.9. The van der Waals surface area contributed by atoms with Gasteiger partial charge in [0.05, 0.1) is 6.42 Å². The molecule has 0 aliphatic carbocycles. The fourth-order valence-corrected chi connectivity index (χ4v) is 3.70. The Morgan fingerprint density at radius 2 is 1.59 bits per heavy atom. The van der Waals surface area contributed by atoms with Crippen LogP contribution in [0.4, 0.5) is 0 Å². The van der Waals surface area contributed by atoms with Gasteiger partial charge < -0.3 is 4.74 Å². The van der Waals surface area contributed by atoms with Crippen LogP contribution in [0.15, 0.2) is 60.7 Å². The quantitative estimate of drug-likeness (QED) is 0.428. The third kappa shape index (κ3) is 8.02. The number of carbonyl (C=O) groups excluding carboxylic acids is 1. The predicted molar refractivity (Wildman–Crippen MR) is 121 cm³/mol. The highest BCUT2D eigenvalue weighted by Gasteiger charge is 2.28. The van der Waals surface area contributed by atoms with E-state index in [0.717, 1.165) is 25.8 Å². The number of esters is 1. The van der Waals surface area contributed by atoms with Crippen LogP contribution in [-0.2, 0) is 16.1 Å². The van der Waals surface area contributed by atoms with Gasteiger partial charge >= 0.3 is 5.97 Å². The second-order valence-electron chi connectivity index (χ2n) is 8.83. The molecular weight excluding hydrogens is 358 g/mol. The Balaban J connectivity index is 2.30. The average molecular weight is 396 g/mol. The molecule has 0 aliphatic rings. The van der Waals surface area contributed by atoms with Crippen LogP contribution in [0.3, 0.4) is 0 Å². The number of unbranched alkanes of at least 4 members (excludes halogenated alkanes) is 1. The Labute approximate surface area is 177 Å². The van der Waals surface area contributed by atoms with Crippen LogP contribution in [-0.4, -0.2) is 22.5 Å². The molecule has 0 saturated heterocycles. The maximum absolute atomic E-state index is 12.7. The van der Waals surface area contributed by atoms with E-state index in [1.165, 1.54) is 11.1 Å². The van der Waals surface area contributed by atoms with Gasteiger partial charge in [0, 0.05) is 18.6 Å². The molecule has 0 spiro atoms. The van der Waals surface area contributed by atoms with Crippen molar-refractivity contribution in [3.63, 3.8) is 0 Å². The van der Waals surface area contributed by atoms with Crippen molar-refractivity contribution < 1.29 is 9.53 Å². The first-order chi connectivity index (χ1) is 13.8. The molecule has 0 unspecified atom stereocenters. The van der Waals surface area contributed by atoms with Crippen LogP contribution in [0, 0.1) is 0 Å². The van der Waals surface area contributed by atoms with Crippen LogP contribution in [0.2, 0.25) is 0 Å². The summed E-state index contributed by atoms with van der Waals surface area (Å²) in [6.07, 6.45) is 3.62. The van der Waals surface area contributed by atoms with E-state index in [2.05, 4.69) is 67.3 Å². The Hall–Kier alpha value is -2.13. The van der Waals surface area contributed by atoms with Crippen molar-refractivity contribution in [2.45, 2.75) is 84.5 Å². The molecule has 0 heterocycles. The summed E-state index contributed by atoms with van der Waals surface area (Å²) in [5, 5.41) is 0. The van der Waals surface area contributed by atoms with Gasteiger partial charge in [0.1, 0.15) is 5.60 Å². The third-order valence-electron chi connectivity index (χ3n) is 5.17. The Bertz CT molecular complexity index is 721. The van der Waals surface area contributed by atoms with Crippen LogP contribution in [0.1, 0.15) is 77.5 Å². The molecule has 2 aromatic rings. The zero-order valence-electron chi connectivity index (χ0n) is 18.7. The molecule has 0 saturated carbocycles. The van der Waals surface area contributed by atoms with Crippen molar-refractivity contribution in [1.29, 1.82) is 0 Å². The van der Waals surface area contributed by atoms with Gasteiger partial charge in [-0.1, -0.05) is 80.4 Å². The van der Waals surface area contributed by atoms with Crippen molar-refractivity contribution in [2.24, 2.45) is 0 Å². The Morgan fingerprint density at radius 1 is 1.00 bits per heavy atom. The fourth-order valence-electron chi connectivity index (χ4n) is 3.70. The number of benzene rings is 2. The molecule has 0 aromatic heterocycles. The van der Waals surface area contributed by atoms with E-state index in [4.69, 9.17) is 4.74 Å². The minimum absolute atomic E-state index is 0.114. The van der Waals surface area contributed by atoms with Crippen molar-refractivity contribution in [2.75, 3.05) is 0 Å². The van der Waals surface area contributed by atoms with E-state index in [0.29, 0.717) is 6.42 Å². The fraction of sp³-hybridized carbons (Fsp3) is 0.500. The number of rotatable bonds is 10. The van der Waals surface area contributed by atoms with Gasteiger partial charge in [-0.15, -0.1) is 0 Å². The summed E-state index contributed by atoms with van der Waals surface area (Å²) >= 11 is 0. The van der Waals surface area contributed by atoms with Gasteiger partial charge in [-0.25, -0.2) is 0 Å². The SMILES string of the molecule is CCCC[C@H](CC(=O)OC(C)(C)C)N(Cc1ccccc1)[C@@H](C)c1ccccc1. The first kappa shape index (κ1) is 23.2. The summed E-state index contributed by atoms with van der Waals surface area (Å²) in [6.45, 7) is 11.0. The standard InChI is InChI=1S/C26H37NO2/c1-6-7-18-24(19-25(28)29-26(3,4)5)27(20-22-14-10-8-11-15-22)21(2)23-16-12-9-13-17-23/h8-17,21,24H,6-7,18-20H2,1-5H3/t21-,24+/m0/s1. The van der Waals surface area contributed by atoms with Crippen molar-refractivity contribution in [3.8, 4) is 0 Å². The molecule has 29 heavy (non-hydrogen) atoms. The lowest BCUT2D eigenvalue weighted by atomic mass is 9.98. The highest BCUT2D eigenvalue weighted by Crippen LogP contribution is 2.29. The maximum Gasteiger partial charge on any atom is 0.307 e. The molecule has 3 heteroatoms. The molecule has 0 N–H and O–H groups in total. The van der Waals surface area contributed by atoms with Crippen LogP contribution in [0.5, 0.6) is 0 Å². The molecular formula is C26H37NO2. The first-order valence-corrected chi connectivity index (χ1v) is 10.9. The van der Waals surface area contributed by atoms with E-state index in [-0.39, 0.29) is 18.1 Å². The molecule has 0 radical (unpaired) electrons. The van der Waals surface area contributed by atoms with E-state index in [1.807, 2.05) is 32.9 Å². The monoisotopic (exact) mass is 395 g/mol. The second-order valence-corrected chi connectivity index (χ2v) is 8.83. The number of carbonyl (C=O) groups is 1. The topological polar surface area (TPSA) is 29.5 Å². The summed E-state index contributed by atoms with van der Waals surface area (Å²) in [4.78, 5) is 15.2. The van der Waals surface area contributed by atoms with Gasteiger partial charge in [0.15, 0.2) is 0 Å². The zero-order chi connectivity index (χ0) is 21.3. The molecule has 158 valence electrons. The van der Waals surface area contributed by atoms with Crippen LogP contribution in [0.25, 0.3) is 0 Å². The Kier molecular flexibility index (Phi) is 8.91. The minimum atomic E-state index is -0.457. The molecule has 0 aliphatic heterocycles. The summed E-state index contributed by atoms with van der Waals surface area (Å²) in [7, 11) is 0. The normalized spacial score (nSPS) is 13.9. The lowest BCUT2D eigenvalue weighted by Gasteiger charge is -2.37. The lowest BCUT2D eigenvalue weighted by molar-refractivity contribution is -0.156. The summed E-state index contributed by atoms with van der Waals surface area (Å²) in [5.74, 6) is -0.114. The van der Waals surface area contributed by atoms with Crippen LogP contribution >= 0.6 is 0 Å². The summed E-state index contributed by atoms with van der Waals surface area (Å²) in [6, 6.07) is 21.4. The number of hydrogen-bond donors (Lipinski definition) is 0. The smallest absolute Gasteiger partial charge is 0.307 e. The summed E-state index contributed by atoms with van der Waals surface area (Å²) < 4.78 is 5.67. The molecule has 2 aromatic carbocycles. The molecule has 0 amide bonds. The highest BCUT2D eigenvalue weighted by atomic mass is 16.6. The average Bonchev–Trinajstić information content (AvgIpc) is 2.69. The van der Waals surface area contributed by atoms with E-state index < -0.39 is 5.60 Å². The van der Waals surface area contributed by atoms with Crippen molar-refractivity contribution in [1.82, 2.24) is 4.90 Å². The molecule has 2 rings (SSSR count). The van der Waals surface area contributed by atoms with E-state index >= 15 is 0 Å². The van der Waals surface area contributed by atoms with Gasteiger partial charge in [-0.05, 0) is 45.2 Å². The molecule has 3 nitrogen and oxygen atoms in total. The number of hydrogen-bond acceptors (Lipinski definition) is 3. The second kappa shape index (κ2) is 11.2.